The number of anilines is 1. The maximum atomic E-state index is 11.5. The Kier molecular flexibility index (Phi) is 4.19. The van der Waals surface area contributed by atoms with Crippen LogP contribution in [0.1, 0.15) is 19.3 Å². The summed E-state index contributed by atoms with van der Waals surface area (Å²) in [6.07, 6.45) is 3.92. The first kappa shape index (κ1) is 12.9. The van der Waals surface area contributed by atoms with Gasteiger partial charge in [0.25, 0.3) is 0 Å². The van der Waals surface area contributed by atoms with E-state index in [0.29, 0.717) is 30.6 Å². The number of ether oxygens (including phenoxy) is 1. The van der Waals surface area contributed by atoms with E-state index in [9.17, 15) is 4.79 Å². The molecule has 0 bridgehead atoms. The minimum Gasteiger partial charge on any atom is -0.490 e. The zero-order chi connectivity index (χ0) is 13.0. The number of halogens is 1. The number of hydrogen-bond acceptors (Lipinski definition) is 5. The van der Waals surface area contributed by atoms with Crippen molar-refractivity contribution in [3.05, 3.63) is 11.5 Å². The lowest BCUT2D eigenvalue weighted by Crippen LogP contribution is -2.27. The lowest BCUT2D eigenvalue weighted by molar-refractivity contribution is -0.120. The van der Waals surface area contributed by atoms with Crippen LogP contribution in [0.25, 0.3) is 0 Å². The van der Waals surface area contributed by atoms with E-state index in [4.69, 9.17) is 16.3 Å². The Morgan fingerprint density at radius 3 is 3.00 bits per heavy atom. The molecule has 0 aliphatic heterocycles. The summed E-state index contributed by atoms with van der Waals surface area (Å²) >= 11 is 5.85. The Morgan fingerprint density at radius 1 is 1.56 bits per heavy atom. The molecule has 0 radical (unpaired) electrons. The third kappa shape index (κ3) is 3.46. The molecule has 1 saturated carbocycles. The number of rotatable bonds is 6. The monoisotopic (exact) mass is 270 g/mol. The molecule has 0 aromatic carbocycles. The second kappa shape index (κ2) is 5.86. The maximum Gasteiger partial charge on any atom is 0.221 e. The van der Waals surface area contributed by atoms with Gasteiger partial charge in [-0.1, -0.05) is 11.6 Å². The van der Waals surface area contributed by atoms with E-state index >= 15 is 0 Å². The third-order valence-corrected chi connectivity index (χ3v) is 2.82. The number of carbonyl (C=O) groups excluding carboxylic acids is 1. The first-order chi connectivity index (χ1) is 8.70. The topological polar surface area (TPSA) is 76.1 Å². The molecule has 2 N–H and O–H groups in total. The first-order valence-corrected chi connectivity index (χ1v) is 6.16. The lowest BCUT2D eigenvalue weighted by Gasteiger charge is -2.10. The van der Waals surface area contributed by atoms with Crippen LogP contribution in [0.2, 0.25) is 5.15 Å². The molecule has 0 saturated heterocycles. The summed E-state index contributed by atoms with van der Waals surface area (Å²) in [6, 6.07) is 0.389. The minimum atomic E-state index is 0.0455. The molecule has 1 aromatic rings. The average Bonchev–Trinajstić information content (AvgIpc) is 3.13. The van der Waals surface area contributed by atoms with Gasteiger partial charge in [0, 0.05) is 19.0 Å². The van der Waals surface area contributed by atoms with Crippen LogP contribution in [-0.4, -0.2) is 35.6 Å². The number of carbonyl (C=O) groups is 1. The predicted octanol–water partition coefficient (Wildman–Crippen LogP) is 1.22. The molecular weight excluding hydrogens is 256 g/mol. The Hall–Kier alpha value is -1.56. The molecule has 1 heterocycles. The van der Waals surface area contributed by atoms with E-state index in [1.807, 2.05) is 0 Å². The molecule has 1 aliphatic carbocycles. The van der Waals surface area contributed by atoms with Gasteiger partial charge >= 0.3 is 0 Å². The number of hydrogen-bond donors (Lipinski definition) is 2. The zero-order valence-corrected chi connectivity index (χ0v) is 10.8. The molecule has 18 heavy (non-hydrogen) atoms. The van der Waals surface area contributed by atoms with Gasteiger partial charge in [0.15, 0.2) is 16.7 Å². The van der Waals surface area contributed by atoms with Crippen LogP contribution in [0.5, 0.6) is 5.75 Å². The van der Waals surface area contributed by atoms with E-state index in [2.05, 4.69) is 20.6 Å². The van der Waals surface area contributed by atoms with Crippen molar-refractivity contribution in [2.45, 2.75) is 25.3 Å². The summed E-state index contributed by atoms with van der Waals surface area (Å²) in [5.41, 5.74) is 0. The van der Waals surface area contributed by atoms with E-state index in [0.717, 1.165) is 12.8 Å². The predicted molar refractivity (Wildman–Crippen MR) is 67.9 cm³/mol. The highest BCUT2D eigenvalue weighted by molar-refractivity contribution is 6.31. The van der Waals surface area contributed by atoms with Crippen molar-refractivity contribution in [1.29, 1.82) is 0 Å². The van der Waals surface area contributed by atoms with Gasteiger partial charge in [0.2, 0.25) is 5.91 Å². The Labute approximate surface area is 110 Å². The fourth-order valence-corrected chi connectivity index (χ4v) is 1.69. The number of aromatic nitrogens is 2. The van der Waals surface area contributed by atoms with Crippen molar-refractivity contribution < 1.29 is 9.53 Å². The molecular formula is C11H15ClN4O2. The summed E-state index contributed by atoms with van der Waals surface area (Å²) < 4.78 is 5.09. The normalized spacial score (nSPS) is 14.1. The molecule has 98 valence electrons. The molecule has 2 rings (SSSR count). The molecule has 7 heteroatoms. The average molecular weight is 271 g/mol. The van der Waals surface area contributed by atoms with Crippen LogP contribution in [0.3, 0.4) is 0 Å². The van der Waals surface area contributed by atoms with Crippen molar-refractivity contribution in [1.82, 2.24) is 15.3 Å². The lowest BCUT2D eigenvalue weighted by atomic mass is 10.4. The summed E-state index contributed by atoms with van der Waals surface area (Å²) in [5, 5.41) is 6.17. The maximum absolute atomic E-state index is 11.5. The fraction of sp³-hybridized carbons (Fsp3) is 0.545. The van der Waals surface area contributed by atoms with Crippen LogP contribution >= 0.6 is 11.6 Å². The van der Waals surface area contributed by atoms with E-state index in [1.165, 1.54) is 13.4 Å². The van der Waals surface area contributed by atoms with E-state index < -0.39 is 0 Å². The second-order valence-electron chi connectivity index (χ2n) is 4.06. The Morgan fingerprint density at radius 2 is 2.33 bits per heavy atom. The molecule has 1 fully saturated rings. The van der Waals surface area contributed by atoms with Gasteiger partial charge in [-0.2, -0.15) is 0 Å². The zero-order valence-electron chi connectivity index (χ0n) is 10.1. The van der Waals surface area contributed by atoms with Crippen molar-refractivity contribution in [3.8, 4) is 5.75 Å². The second-order valence-corrected chi connectivity index (χ2v) is 4.42. The van der Waals surface area contributed by atoms with Crippen LogP contribution in [0.15, 0.2) is 6.33 Å². The molecule has 1 aliphatic rings. The van der Waals surface area contributed by atoms with Crippen molar-refractivity contribution in [3.63, 3.8) is 0 Å². The van der Waals surface area contributed by atoms with Gasteiger partial charge in [-0.05, 0) is 12.8 Å². The number of methoxy groups -OCH3 is 1. The van der Waals surface area contributed by atoms with Crippen LogP contribution < -0.4 is 15.4 Å². The van der Waals surface area contributed by atoms with Gasteiger partial charge in [0.1, 0.15) is 6.33 Å². The van der Waals surface area contributed by atoms with Crippen LogP contribution in [0.4, 0.5) is 5.82 Å². The van der Waals surface area contributed by atoms with E-state index in [-0.39, 0.29) is 11.1 Å². The van der Waals surface area contributed by atoms with E-state index in [1.54, 1.807) is 0 Å². The molecule has 0 spiro atoms. The van der Waals surface area contributed by atoms with Gasteiger partial charge in [-0.15, -0.1) is 0 Å². The smallest absolute Gasteiger partial charge is 0.221 e. The van der Waals surface area contributed by atoms with Crippen LogP contribution in [-0.2, 0) is 4.79 Å². The number of nitrogens with zero attached hydrogens (tertiary/aromatic N) is 2. The summed E-state index contributed by atoms with van der Waals surface area (Å²) in [7, 11) is 1.50. The van der Waals surface area contributed by atoms with Gasteiger partial charge in [-0.3, -0.25) is 4.79 Å². The quantitative estimate of drug-likeness (QED) is 0.760. The van der Waals surface area contributed by atoms with Gasteiger partial charge < -0.3 is 15.4 Å². The van der Waals surface area contributed by atoms with Crippen LogP contribution in [0, 0.1) is 0 Å². The highest BCUT2D eigenvalue weighted by atomic mass is 35.5. The van der Waals surface area contributed by atoms with Crippen molar-refractivity contribution in [2.75, 3.05) is 19.0 Å². The summed E-state index contributed by atoms with van der Waals surface area (Å²) in [4.78, 5) is 19.3. The molecule has 1 amide bonds. The fourth-order valence-electron chi connectivity index (χ4n) is 1.48. The standard InChI is InChI=1S/C11H15ClN4O2/c1-18-9-10(12)14-6-15-11(9)13-5-4-8(17)16-7-2-3-7/h6-7H,2-5H2,1H3,(H,16,17)(H,13,14,15). The highest BCUT2D eigenvalue weighted by Gasteiger charge is 2.22. The summed E-state index contributed by atoms with van der Waals surface area (Å²) in [6.45, 7) is 0.474. The molecule has 1 aromatic heterocycles. The summed E-state index contributed by atoms with van der Waals surface area (Å²) in [5.74, 6) is 0.933. The van der Waals surface area contributed by atoms with Gasteiger partial charge in [-0.25, -0.2) is 9.97 Å². The third-order valence-electron chi connectivity index (χ3n) is 2.55. The molecule has 6 nitrogen and oxygen atoms in total. The first-order valence-electron chi connectivity index (χ1n) is 5.78. The Bertz CT molecular complexity index is 437. The van der Waals surface area contributed by atoms with Gasteiger partial charge in [0.05, 0.1) is 7.11 Å². The molecule has 0 atom stereocenters. The number of nitrogens with one attached hydrogen (secondary N) is 2. The largest absolute Gasteiger partial charge is 0.490 e. The van der Waals surface area contributed by atoms with Crippen molar-refractivity contribution in [2.24, 2.45) is 0 Å². The SMILES string of the molecule is COc1c(Cl)ncnc1NCCC(=O)NC1CC1. The molecule has 0 unspecified atom stereocenters. The highest BCUT2D eigenvalue weighted by Crippen LogP contribution is 2.28. The number of amides is 1. The minimum absolute atomic E-state index is 0.0455. The van der Waals surface area contributed by atoms with Crippen molar-refractivity contribution >= 4 is 23.3 Å². The Balaban J connectivity index is 1.82.